The van der Waals surface area contributed by atoms with Crippen LogP contribution in [-0.4, -0.2) is 47.9 Å². The van der Waals surface area contributed by atoms with E-state index >= 15 is 0 Å². The summed E-state index contributed by atoms with van der Waals surface area (Å²) in [5.74, 6) is -0.948. The van der Waals surface area contributed by atoms with Gasteiger partial charge in [0.2, 0.25) is 5.91 Å². The number of carbonyl (C=O) groups is 3. The summed E-state index contributed by atoms with van der Waals surface area (Å²) in [6, 6.07) is 0. The lowest BCUT2D eigenvalue weighted by Crippen LogP contribution is -2.57. The molecule has 2 amide bonds. The van der Waals surface area contributed by atoms with Crippen LogP contribution in [-0.2, 0) is 19.1 Å². The molecule has 1 heterocycles. The summed E-state index contributed by atoms with van der Waals surface area (Å²) >= 11 is 0. The minimum atomic E-state index is -1.04. The molecule has 1 saturated heterocycles. The van der Waals surface area contributed by atoms with Gasteiger partial charge in [0.15, 0.2) is 0 Å². The highest BCUT2D eigenvalue weighted by Gasteiger charge is 2.36. The second-order valence-corrected chi connectivity index (χ2v) is 6.13. The van der Waals surface area contributed by atoms with E-state index in [0.29, 0.717) is 32.5 Å². The van der Waals surface area contributed by atoms with E-state index in [1.165, 1.54) is 6.08 Å². The van der Waals surface area contributed by atoms with Crippen LogP contribution in [0.25, 0.3) is 0 Å². The van der Waals surface area contributed by atoms with Gasteiger partial charge in [-0.3, -0.25) is 14.4 Å². The molecule has 0 spiro atoms. The fourth-order valence-electron chi connectivity index (χ4n) is 2.48. The molecule has 1 aliphatic heterocycles. The molecule has 1 aliphatic rings. The minimum absolute atomic E-state index is 0.155. The predicted molar refractivity (Wildman–Crippen MR) is 98.8 cm³/mol. The topological polar surface area (TPSA) is 75.7 Å². The van der Waals surface area contributed by atoms with Crippen molar-refractivity contribution in [3.63, 3.8) is 0 Å². The Labute approximate surface area is 151 Å². The van der Waals surface area contributed by atoms with Crippen molar-refractivity contribution >= 4 is 17.8 Å². The van der Waals surface area contributed by atoms with Crippen LogP contribution >= 0.6 is 0 Å². The summed E-state index contributed by atoms with van der Waals surface area (Å²) in [6.07, 6.45) is 2.50. The second-order valence-electron chi connectivity index (χ2n) is 6.13. The van der Waals surface area contributed by atoms with Crippen molar-refractivity contribution in [2.24, 2.45) is 5.92 Å². The van der Waals surface area contributed by atoms with Gasteiger partial charge < -0.3 is 15.0 Å². The van der Waals surface area contributed by atoms with Gasteiger partial charge in [-0.1, -0.05) is 33.1 Å². The van der Waals surface area contributed by atoms with Crippen LogP contribution in [0, 0.1) is 5.92 Å². The third-order valence-corrected chi connectivity index (χ3v) is 3.90. The third-order valence-electron chi connectivity index (χ3n) is 3.90. The number of ether oxygens (including phenoxy) is 1. The van der Waals surface area contributed by atoms with Crippen molar-refractivity contribution in [3.05, 3.63) is 24.8 Å². The maximum Gasteiger partial charge on any atom is 0.309 e. The lowest BCUT2D eigenvalue weighted by atomic mass is 9.94. The highest BCUT2D eigenvalue weighted by Crippen LogP contribution is 2.21. The molecule has 0 aromatic heterocycles. The average molecular weight is 352 g/mol. The van der Waals surface area contributed by atoms with E-state index in [4.69, 9.17) is 4.74 Å². The average Bonchev–Trinajstić information content (AvgIpc) is 2.61. The highest BCUT2D eigenvalue weighted by molar-refractivity contribution is 5.99. The lowest BCUT2D eigenvalue weighted by molar-refractivity contribution is -0.152. The van der Waals surface area contributed by atoms with Crippen LogP contribution in [0.2, 0.25) is 0 Å². The number of esters is 1. The van der Waals surface area contributed by atoms with Crippen molar-refractivity contribution in [1.82, 2.24) is 10.2 Å². The summed E-state index contributed by atoms with van der Waals surface area (Å²) in [6.45, 7) is 17.5. The van der Waals surface area contributed by atoms with Crippen LogP contribution < -0.4 is 5.32 Å². The Hall–Kier alpha value is -2.11. The first-order chi connectivity index (χ1) is 11.7. The molecule has 142 valence electrons. The van der Waals surface area contributed by atoms with Gasteiger partial charge in [-0.05, 0) is 33.6 Å². The standard InChI is InChI=1S/C17H26N2O4.C2H6/c1-6-12(3)14(20)18-17(4,5)16(22)19-10-8-13(9-11-19)15(21)23-7-2;1-2/h6,13H,1,3,7-11H2,2,4-5H3,(H,18,20);1-2H3. The van der Waals surface area contributed by atoms with Crippen LogP contribution in [0.15, 0.2) is 24.8 Å². The number of nitrogens with one attached hydrogen (secondary N) is 1. The molecule has 1 rings (SSSR count). The monoisotopic (exact) mass is 352 g/mol. The molecule has 6 heteroatoms. The van der Waals surface area contributed by atoms with Crippen LogP contribution in [0.4, 0.5) is 0 Å². The van der Waals surface area contributed by atoms with Gasteiger partial charge in [-0.25, -0.2) is 0 Å². The summed E-state index contributed by atoms with van der Waals surface area (Å²) in [4.78, 5) is 37.9. The Balaban J connectivity index is 0.00000277. The minimum Gasteiger partial charge on any atom is -0.466 e. The largest absolute Gasteiger partial charge is 0.466 e. The van der Waals surface area contributed by atoms with Crippen LogP contribution in [0.5, 0.6) is 0 Å². The zero-order chi connectivity index (χ0) is 19.6. The lowest BCUT2D eigenvalue weighted by Gasteiger charge is -2.36. The zero-order valence-electron chi connectivity index (χ0n) is 16.2. The molecule has 0 aliphatic carbocycles. The Morgan fingerprint density at radius 1 is 1.24 bits per heavy atom. The Kier molecular flexibility index (Phi) is 9.79. The molecule has 0 aromatic carbocycles. The smallest absolute Gasteiger partial charge is 0.309 e. The number of carbonyl (C=O) groups excluding carboxylic acids is 3. The first-order valence-electron chi connectivity index (χ1n) is 8.82. The molecule has 1 N–H and O–H groups in total. The third kappa shape index (κ3) is 6.72. The van der Waals surface area contributed by atoms with Crippen molar-refractivity contribution < 1.29 is 19.1 Å². The van der Waals surface area contributed by atoms with Gasteiger partial charge in [-0.15, -0.1) is 0 Å². The Morgan fingerprint density at radius 2 is 1.76 bits per heavy atom. The van der Waals surface area contributed by atoms with Crippen molar-refractivity contribution in [1.29, 1.82) is 0 Å². The summed E-state index contributed by atoms with van der Waals surface area (Å²) in [5.41, 5.74) is -0.827. The first-order valence-corrected chi connectivity index (χ1v) is 8.82. The zero-order valence-corrected chi connectivity index (χ0v) is 16.2. The van der Waals surface area contributed by atoms with Crippen LogP contribution in [0.1, 0.15) is 47.5 Å². The molecule has 0 bridgehead atoms. The van der Waals surface area contributed by atoms with Gasteiger partial charge in [-0.2, -0.15) is 0 Å². The number of hydrogen-bond donors (Lipinski definition) is 1. The Bertz CT molecular complexity index is 504. The van der Waals surface area contributed by atoms with Gasteiger partial charge in [0.25, 0.3) is 5.91 Å². The molecular weight excluding hydrogens is 320 g/mol. The molecule has 0 saturated carbocycles. The molecule has 25 heavy (non-hydrogen) atoms. The second kappa shape index (κ2) is 10.7. The summed E-state index contributed by atoms with van der Waals surface area (Å²) in [7, 11) is 0. The maximum atomic E-state index is 12.6. The molecule has 0 aromatic rings. The fraction of sp³-hybridized carbons (Fsp3) is 0.632. The molecule has 1 fully saturated rings. The number of amides is 2. The van der Waals surface area contributed by atoms with E-state index in [1.807, 2.05) is 13.8 Å². The number of hydrogen-bond acceptors (Lipinski definition) is 4. The number of likely N-dealkylation sites (tertiary alicyclic amines) is 1. The van der Waals surface area contributed by atoms with E-state index < -0.39 is 11.4 Å². The molecule has 0 unspecified atom stereocenters. The predicted octanol–water partition coefficient (Wildman–Crippen LogP) is 2.45. The van der Waals surface area contributed by atoms with Gasteiger partial charge in [0, 0.05) is 18.7 Å². The summed E-state index contributed by atoms with van der Waals surface area (Å²) in [5, 5.41) is 2.67. The van der Waals surface area contributed by atoms with Crippen molar-refractivity contribution in [2.75, 3.05) is 19.7 Å². The number of rotatable bonds is 6. The Morgan fingerprint density at radius 3 is 2.20 bits per heavy atom. The van der Waals surface area contributed by atoms with E-state index in [-0.39, 0.29) is 23.4 Å². The highest BCUT2D eigenvalue weighted by atomic mass is 16.5. The molecule has 6 nitrogen and oxygen atoms in total. The molecule has 0 radical (unpaired) electrons. The first kappa shape index (κ1) is 22.9. The number of piperidine rings is 1. The van der Waals surface area contributed by atoms with E-state index in [2.05, 4.69) is 18.5 Å². The van der Waals surface area contributed by atoms with Crippen molar-refractivity contribution in [2.45, 2.75) is 53.0 Å². The van der Waals surface area contributed by atoms with E-state index in [0.717, 1.165) is 0 Å². The van der Waals surface area contributed by atoms with E-state index in [9.17, 15) is 14.4 Å². The SMILES string of the molecule is C=CC(=C)C(=O)NC(C)(C)C(=O)N1CCC(C(=O)OCC)CC1.CC. The van der Waals surface area contributed by atoms with Crippen LogP contribution in [0.3, 0.4) is 0 Å². The van der Waals surface area contributed by atoms with Gasteiger partial charge in [0.1, 0.15) is 5.54 Å². The molecular formula is C19H32N2O4. The maximum absolute atomic E-state index is 12.6. The normalized spacial score (nSPS) is 14.7. The molecule has 0 atom stereocenters. The number of nitrogens with zero attached hydrogens (tertiary/aromatic N) is 1. The van der Waals surface area contributed by atoms with E-state index in [1.54, 1.807) is 25.7 Å². The fourth-order valence-corrected chi connectivity index (χ4v) is 2.48. The quantitative estimate of drug-likeness (QED) is 0.453. The van der Waals surface area contributed by atoms with Gasteiger partial charge >= 0.3 is 5.97 Å². The van der Waals surface area contributed by atoms with Gasteiger partial charge in [0.05, 0.1) is 12.5 Å². The van der Waals surface area contributed by atoms with Crippen molar-refractivity contribution in [3.8, 4) is 0 Å². The summed E-state index contributed by atoms with van der Waals surface area (Å²) < 4.78 is 5.02.